The zero-order valence-corrected chi connectivity index (χ0v) is 13.5. The number of benzene rings is 1. The molecule has 0 bridgehead atoms. The maximum Gasteiger partial charge on any atom is 0.257 e. The molecule has 1 aromatic rings. The van der Waals surface area contributed by atoms with Gasteiger partial charge in [-0.25, -0.2) is 0 Å². The monoisotopic (exact) mass is 304 g/mol. The average Bonchev–Trinajstić information content (AvgIpc) is 3.01. The maximum atomic E-state index is 12.5. The third-order valence-corrected chi connectivity index (χ3v) is 4.10. The number of carbonyl (C=O) groups excluding carboxylic acids is 2. The molecule has 5 heteroatoms. The lowest BCUT2D eigenvalue weighted by molar-refractivity contribution is -0.130. The van der Waals surface area contributed by atoms with Gasteiger partial charge in [-0.05, 0) is 36.5 Å². The predicted molar refractivity (Wildman–Crippen MR) is 85.0 cm³/mol. The highest BCUT2D eigenvalue weighted by Crippen LogP contribution is 2.24. The Morgan fingerprint density at radius 1 is 1.27 bits per heavy atom. The molecule has 1 aliphatic heterocycles. The van der Waals surface area contributed by atoms with Gasteiger partial charge in [-0.1, -0.05) is 19.9 Å². The fourth-order valence-electron chi connectivity index (χ4n) is 2.63. The summed E-state index contributed by atoms with van der Waals surface area (Å²) < 4.78 is 0. The van der Waals surface area contributed by atoms with Crippen molar-refractivity contribution in [3.63, 3.8) is 0 Å². The Labute approximate surface area is 131 Å². The molecule has 2 rings (SSSR count). The summed E-state index contributed by atoms with van der Waals surface area (Å²) in [5.74, 6) is -0.140. The van der Waals surface area contributed by atoms with Crippen molar-refractivity contribution in [3.8, 4) is 5.75 Å². The van der Waals surface area contributed by atoms with Gasteiger partial charge in [0.05, 0.1) is 12.1 Å². The molecule has 1 heterocycles. The normalized spacial score (nSPS) is 14.5. The van der Waals surface area contributed by atoms with Crippen molar-refractivity contribution in [2.45, 2.75) is 32.6 Å². The van der Waals surface area contributed by atoms with Gasteiger partial charge in [-0.15, -0.1) is 0 Å². The highest BCUT2D eigenvalue weighted by Gasteiger charge is 2.23. The number of hydrogen-bond donors (Lipinski definition) is 1. The second-order valence-corrected chi connectivity index (χ2v) is 6.18. The Morgan fingerprint density at radius 2 is 1.91 bits per heavy atom. The van der Waals surface area contributed by atoms with Gasteiger partial charge in [0.15, 0.2) is 0 Å². The maximum absolute atomic E-state index is 12.5. The van der Waals surface area contributed by atoms with Crippen LogP contribution >= 0.6 is 0 Å². The van der Waals surface area contributed by atoms with Gasteiger partial charge < -0.3 is 14.9 Å². The third-order valence-electron chi connectivity index (χ3n) is 4.10. The summed E-state index contributed by atoms with van der Waals surface area (Å²) in [5, 5.41) is 9.94. The van der Waals surface area contributed by atoms with E-state index in [4.69, 9.17) is 0 Å². The van der Waals surface area contributed by atoms with E-state index < -0.39 is 0 Å². The van der Waals surface area contributed by atoms with Gasteiger partial charge in [-0.3, -0.25) is 9.59 Å². The van der Waals surface area contributed by atoms with Crippen LogP contribution in [0.3, 0.4) is 0 Å². The Hall–Kier alpha value is -2.04. The van der Waals surface area contributed by atoms with Crippen molar-refractivity contribution in [3.05, 3.63) is 29.3 Å². The van der Waals surface area contributed by atoms with Crippen LogP contribution in [0.2, 0.25) is 0 Å². The molecule has 0 spiro atoms. The highest BCUT2D eigenvalue weighted by molar-refractivity contribution is 5.98. The fourth-order valence-corrected chi connectivity index (χ4v) is 2.63. The number of nitrogens with zero attached hydrogens (tertiary/aromatic N) is 2. The summed E-state index contributed by atoms with van der Waals surface area (Å²) in [6.45, 7) is 5.65. The number of likely N-dealkylation sites (N-methyl/N-ethyl adjacent to an activating group) is 1. The Bertz CT molecular complexity index is 563. The minimum Gasteiger partial charge on any atom is -0.507 e. The molecule has 22 heavy (non-hydrogen) atoms. The predicted octanol–water partition coefficient (Wildman–Crippen LogP) is 2.21. The summed E-state index contributed by atoms with van der Waals surface area (Å²) in [6, 6.07) is 5.06. The molecule has 1 aliphatic rings. The summed E-state index contributed by atoms with van der Waals surface area (Å²) in [6.07, 6.45) is 2.06. The van der Waals surface area contributed by atoms with Crippen LogP contribution in [-0.2, 0) is 4.79 Å². The van der Waals surface area contributed by atoms with Crippen molar-refractivity contribution >= 4 is 11.8 Å². The highest BCUT2D eigenvalue weighted by atomic mass is 16.3. The SMILES string of the molecule is CC(C)c1ccc(O)c(C(=O)N(C)CC(=O)N2CCCC2)c1. The molecule has 0 radical (unpaired) electrons. The molecule has 1 N–H and O–H groups in total. The summed E-state index contributed by atoms with van der Waals surface area (Å²) >= 11 is 0. The van der Waals surface area contributed by atoms with Gasteiger partial charge in [0.1, 0.15) is 5.75 Å². The molecule has 120 valence electrons. The van der Waals surface area contributed by atoms with Crippen LogP contribution in [0.1, 0.15) is 48.5 Å². The number of hydrogen-bond acceptors (Lipinski definition) is 3. The van der Waals surface area contributed by atoms with Crippen LogP contribution in [0.25, 0.3) is 0 Å². The van der Waals surface area contributed by atoms with Crippen molar-refractivity contribution < 1.29 is 14.7 Å². The first kappa shape index (κ1) is 16.3. The van der Waals surface area contributed by atoms with Crippen molar-refractivity contribution in [1.82, 2.24) is 9.80 Å². The van der Waals surface area contributed by atoms with E-state index >= 15 is 0 Å². The van der Waals surface area contributed by atoms with Crippen LogP contribution in [0.4, 0.5) is 0 Å². The zero-order valence-electron chi connectivity index (χ0n) is 13.5. The summed E-state index contributed by atoms with van der Waals surface area (Å²) in [4.78, 5) is 27.8. The average molecular weight is 304 g/mol. The topological polar surface area (TPSA) is 60.9 Å². The molecule has 0 aromatic heterocycles. The fraction of sp³-hybridized carbons (Fsp3) is 0.529. The van der Waals surface area contributed by atoms with Crippen molar-refractivity contribution in [2.24, 2.45) is 0 Å². The largest absolute Gasteiger partial charge is 0.507 e. The van der Waals surface area contributed by atoms with E-state index in [0.29, 0.717) is 0 Å². The molecule has 1 fully saturated rings. The molecule has 0 atom stereocenters. The van der Waals surface area contributed by atoms with Gasteiger partial charge >= 0.3 is 0 Å². The van der Waals surface area contributed by atoms with E-state index in [-0.39, 0.29) is 35.6 Å². The van der Waals surface area contributed by atoms with E-state index in [0.717, 1.165) is 31.5 Å². The summed E-state index contributed by atoms with van der Waals surface area (Å²) in [7, 11) is 1.60. The Balaban J connectivity index is 2.09. The number of aromatic hydroxyl groups is 1. The number of rotatable bonds is 4. The third kappa shape index (κ3) is 3.59. The number of amides is 2. The van der Waals surface area contributed by atoms with Crippen LogP contribution in [0.5, 0.6) is 5.75 Å². The smallest absolute Gasteiger partial charge is 0.257 e. The lowest BCUT2D eigenvalue weighted by atomic mass is 10.00. The molecular formula is C17H24N2O3. The van der Waals surface area contributed by atoms with E-state index in [9.17, 15) is 14.7 Å². The molecule has 1 saturated heterocycles. The van der Waals surface area contributed by atoms with E-state index in [1.165, 1.54) is 4.90 Å². The minimum absolute atomic E-state index is 0.0344. The van der Waals surface area contributed by atoms with E-state index in [1.54, 1.807) is 24.1 Å². The van der Waals surface area contributed by atoms with Crippen LogP contribution in [0, 0.1) is 0 Å². The molecule has 0 unspecified atom stereocenters. The van der Waals surface area contributed by atoms with Gasteiger partial charge in [0.25, 0.3) is 5.91 Å². The van der Waals surface area contributed by atoms with Crippen molar-refractivity contribution in [1.29, 1.82) is 0 Å². The zero-order chi connectivity index (χ0) is 16.3. The number of carbonyl (C=O) groups is 2. The molecule has 2 amide bonds. The first-order chi connectivity index (χ1) is 10.4. The quantitative estimate of drug-likeness (QED) is 0.927. The molecule has 1 aromatic carbocycles. The van der Waals surface area contributed by atoms with Crippen LogP contribution in [-0.4, -0.2) is 53.4 Å². The number of likely N-dealkylation sites (tertiary alicyclic amines) is 1. The second-order valence-electron chi connectivity index (χ2n) is 6.18. The van der Waals surface area contributed by atoms with Gasteiger partial charge in [0, 0.05) is 20.1 Å². The van der Waals surface area contributed by atoms with E-state index in [1.807, 2.05) is 19.9 Å². The lowest BCUT2D eigenvalue weighted by Gasteiger charge is -2.22. The van der Waals surface area contributed by atoms with Gasteiger partial charge in [0.2, 0.25) is 5.91 Å². The van der Waals surface area contributed by atoms with E-state index in [2.05, 4.69) is 0 Å². The van der Waals surface area contributed by atoms with Crippen LogP contribution in [0.15, 0.2) is 18.2 Å². The summed E-state index contributed by atoms with van der Waals surface area (Å²) in [5.41, 5.74) is 1.24. The number of phenols is 1. The number of phenolic OH excluding ortho intramolecular Hbond substituents is 1. The van der Waals surface area contributed by atoms with Gasteiger partial charge in [-0.2, -0.15) is 0 Å². The minimum atomic E-state index is -0.326. The Kier molecular flexibility index (Phi) is 5.06. The molecule has 0 saturated carbocycles. The van der Waals surface area contributed by atoms with Crippen LogP contribution < -0.4 is 0 Å². The lowest BCUT2D eigenvalue weighted by Crippen LogP contribution is -2.39. The first-order valence-corrected chi connectivity index (χ1v) is 7.76. The standard InChI is InChI=1S/C17H24N2O3/c1-12(2)13-6-7-15(20)14(10-13)17(22)18(3)11-16(21)19-8-4-5-9-19/h6-7,10,12,20H,4-5,8-9,11H2,1-3H3. The Morgan fingerprint density at radius 3 is 2.50 bits per heavy atom. The first-order valence-electron chi connectivity index (χ1n) is 7.76. The molecular weight excluding hydrogens is 280 g/mol. The molecule has 5 nitrogen and oxygen atoms in total. The van der Waals surface area contributed by atoms with Crippen molar-refractivity contribution in [2.75, 3.05) is 26.7 Å². The molecule has 0 aliphatic carbocycles. The second kappa shape index (κ2) is 6.81.